The number of benzene rings is 6. The first-order chi connectivity index (χ1) is 58.0. The Balaban J connectivity index is 0.000000127. The van der Waals surface area contributed by atoms with Gasteiger partial charge in [-0.2, -0.15) is 17.2 Å². The van der Waals surface area contributed by atoms with Gasteiger partial charge in [0.15, 0.2) is 0 Å². The van der Waals surface area contributed by atoms with Gasteiger partial charge in [0.1, 0.15) is 76.8 Å². The molecule has 4 fully saturated rings. The van der Waals surface area contributed by atoms with Gasteiger partial charge in [-0.25, -0.2) is 73.2 Å². The molecule has 12 aliphatic rings. The first kappa shape index (κ1) is 89.6. The fourth-order valence-electron chi connectivity index (χ4n) is 18.6. The fourth-order valence-corrected chi connectivity index (χ4v) is 23.9. The van der Waals surface area contributed by atoms with Crippen molar-refractivity contribution in [1.82, 2.24) is 36.8 Å². The van der Waals surface area contributed by atoms with Crippen molar-refractivity contribution in [3.05, 3.63) is 247 Å². The second kappa shape index (κ2) is 36.6. The molecule has 0 radical (unpaired) electrons. The topological polar surface area (TPSA) is 303 Å². The first-order valence-electron chi connectivity index (χ1n) is 40.8. The van der Waals surface area contributed by atoms with Gasteiger partial charge in [-0.3, -0.25) is 19.6 Å². The number of sulfonamides is 4. The molecule has 6 aromatic rings. The van der Waals surface area contributed by atoms with E-state index in [0.717, 1.165) is 130 Å². The van der Waals surface area contributed by atoms with Crippen LogP contribution in [0.4, 0.5) is 39.5 Å². The quantitative estimate of drug-likeness (QED) is 0.0524. The van der Waals surface area contributed by atoms with Gasteiger partial charge in [-0.05, 0) is 200 Å². The van der Waals surface area contributed by atoms with Crippen LogP contribution in [0.2, 0.25) is 0 Å². The number of hydrogen-bond acceptors (Lipinski definition) is 20. The summed E-state index contributed by atoms with van der Waals surface area (Å²) in [5, 5.41) is -0.427. The Morgan fingerprint density at radius 2 is 0.574 bits per heavy atom. The number of nitrogens with two attached hydrogens (primary N) is 4. The summed E-state index contributed by atoms with van der Waals surface area (Å²) in [4.78, 5) is 9.32. The molecule has 12 heterocycles. The van der Waals surface area contributed by atoms with Crippen LogP contribution in [0.5, 0.6) is 0 Å². The van der Waals surface area contributed by atoms with Gasteiger partial charge in [-0.1, -0.05) is 18.2 Å². The predicted molar refractivity (Wildman–Crippen MR) is 437 cm³/mol. The molecule has 0 amide bonds. The highest BCUT2D eigenvalue weighted by Gasteiger charge is 2.47. The van der Waals surface area contributed by atoms with Crippen LogP contribution in [-0.2, 0) is 59.0 Å². The molecule has 0 aromatic heterocycles. The normalized spacial score (nSPS) is 28.0. The molecule has 660 valence electrons. The lowest BCUT2D eigenvalue weighted by Crippen LogP contribution is -2.49. The second-order valence-electron chi connectivity index (χ2n) is 33.7. The minimum absolute atomic E-state index is 0.000580. The summed E-state index contributed by atoms with van der Waals surface area (Å²) in [5.74, 6) is -4.55. The zero-order chi connectivity index (χ0) is 86.8. The summed E-state index contributed by atoms with van der Waals surface area (Å²) in [6.07, 6.45) is -0.374. The molecule has 12 atom stereocenters. The summed E-state index contributed by atoms with van der Waals surface area (Å²) < 4.78 is 254. The standard InChI is InChI=1S/C23H24F3N3O3S.C23H25F2N3O3S.C20H27F2N3O3S.C19H25F2N3O3S/c24-16-1-4-19(5-2-16)33(30,31)29-11-14-9-28(10-15(14)12-29)18-8-22(27)23(32-13-18)20-7-17(25)3-6-21(20)26;24-17-6-7-21(25)20(8-17)23-22(26)9-18(14-31-23)27-10-15-12-28(13-16(15)11-27)32(29,30)19-4-2-1-3-5-19;1-12(2)29(26,27)25-9-13-7-24(8-14(13)10-25)16-6-19(23)20(28-11-16)17-5-15(21)3-4-18(17)22;1-2-28(25,26)24-9-12-7-23(8-13(12)10-24)15-6-18(22)19(27-11-15)16-5-14(20)3-4-17(16)21/h1-7,18,22-23H,8-13,27H2;1-8,18,22-23H,9-14,26H2;3-5,12,16,19-20H,6-11,23H2,1-2H3;3-5,15,18-19H,2,6-11,22H2,1H3/t2*18-,22+,23-;16-,19+,20-;15-,18+,19-/m1111/s1. The minimum Gasteiger partial charge on any atom is -0.370 e. The molecule has 12 aliphatic heterocycles. The molecule has 8 N–H and O–H groups in total. The van der Waals surface area contributed by atoms with Crippen molar-refractivity contribution in [3.63, 3.8) is 0 Å². The van der Waals surface area contributed by atoms with E-state index in [2.05, 4.69) is 19.6 Å². The maximum Gasteiger partial charge on any atom is 0.243 e. The molecule has 4 saturated heterocycles. The van der Waals surface area contributed by atoms with Crippen LogP contribution in [-0.4, -0.2) is 261 Å². The van der Waals surface area contributed by atoms with Gasteiger partial charge in [0, 0.05) is 175 Å². The Morgan fingerprint density at radius 3 is 0.828 bits per heavy atom. The Bertz CT molecular complexity index is 5460. The van der Waals surface area contributed by atoms with Crippen LogP contribution < -0.4 is 22.9 Å². The first-order valence-corrected chi connectivity index (χ1v) is 46.8. The average Bonchev–Trinajstić information content (AvgIpc) is 1.63. The van der Waals surface area contributed by atoms with Crippen molar-refractivity contribution in [3.8, 4) is 0 Å². The van der Waals surface area contributed by atoms with E-state index in [1.807, 2.05) is 0 Å². The van der Waals surface area contributed by atoms with Gasteiger partial charge in [0.2, 0.25) is 40.1 Å². The lowest BCUT2D eigenvalue weighted by molar-refractivity contribution is -0.0468. The van der Waals surface area contributed by atoms with Gasteiger partial charge >= 0.3 is 0 Å². The van der Waals surface area contributed by atoms with Crippen molar-refractivity contribution in [2.75, 3.05) is 137 Å². The zero-order valence-electron chi connectivity index (χ0n) is 67.6. The van der Waals surface area contributed by atoms with E-state index in [4.69, 9.17) is 41.9 Å². The van der Waals surface area contributed by atoms with E-state index in [0.29, 0.717) is 162 Å². The number of rotatable bonds is 16. The van der Waals surface area contributed by atoms with E-state index >= 15 is 0 Å². The molecular formula is C85H101F9N12O12S4. The minimum atomic E-state index is -3.70. The fraction of sp³-hybridized carbons (Fsp3) is 0.482. The lowest BCUT2D eigenvalue weighted by atomic mass is 9.93. The van der Waals surface area contributed by atoms with Crippen LogP contribution in [0.25, 0.3) is 0 Å². The maximum absolute atomic E-state index is 14.2. The highest BCUT2D eigenvalue weighted by Crippen LogP contribution is 2.42. The molecule has 37 heteroatoms. The van der Waals surface area contributed by atoms with E-state index in [9.17, 15) is 73.2 Å². The monoisotopic (exact) mass is 1780 g/mol. The molecule has 24 nitrogen and oxygen atoms in total. The summed E-state index contributed by atoms with van der Waals surface area (Å²) in [7, 11) is -13.6. The zero-order valence-corrected chi connectivity index (χ0v) is 70.9. The van der Waals surface area contributed by atoms with Crippen LogP contribution in [0.3, 0.4) is 0 Å². The highest BCUT2D eigenvalue weighted by atomic mass is 32.2. The molecular weight excluding hydrogens is 1680 g/mol. The molecule has 0 spiro atoms. The third-order valence-corrected chi connectivity index (χ3v) is 32.9. The Morgan fingerprint density at radius 1 is 0.328 bits per heavy atom. The maximum atomic E-state index is 14.2. The third-order valence-electron chi connectivity index (χ3n) is 25.4. The van der Waals surface area contributed by atoms with Crippen LogP contribution >= 0.6 is 0 Å². The van der Waals surface area contributed by atoms with E-state index in [-0.39, 0.29) is 57.1 Å². The Kier molecular flexibility index (Phi) is 26.9. The molecule has 0 unspecified atom stereocenters. The number of halogens is 9. The van der Waals surface area contributed by atoms with Crippen LogP contribution in [0, 0.1) is 52.4 Å². The van der Waals surface area contributed by atoms with Gasteiger partial charge in [0.25, 0.3) is 0 Å². The van der Waals surface area contributed by atoms with E-state index < -0.39 is 146 Å². The smallest absolute Gasteiger partial charge is 0.243 e. The van der Waals surface area contributed by atoms with Crippen molar-refractivity contribution < 1.29 is 92.1 Å². The van der Waals surface area contributed by atoms with E-state index in [1.54, 1.807) is 59.7 Å². The van der Waals surface area contributed by atoms with Crippen molar-refractivity contribution >= 4 is 40.1 Å². The molecule has 0 saturated carbocycles. The molecule has 122 heavy (non-hydrogen) atoms. The van der Waals surface area contributed by atoms with Crippen LogP contribution in [0.1, 0.15) is 93.1 Å². The van der Waals surface area contributed by atoms with Gasteiger partial charge < -0.3 is 41.9 Å². The van der Waals surface area contributed by atoms with Crippen molar-refractivity contribution in [1.29, 1.82) is 0 Å². The van der Waals surface area contributed by atoms with Crippen molar-refractivity contribution in [2.45, 2.75) is 134 Å². The molecule has 6 aromatic carbocycles. The van der Waals surface area contributed by atoms with Gasteiger partial charge in [-0.15, -0.1) is 0 Å². The second-order valence-corrected chi connectivity index (χ2v) is 42.3. The molecule has 0 aliphatic carbocycles. The molecule has 18 rings (SSSR count). The summed E-state index contributed by atoms with van der Waals surface area (Å²) in [6, 6.07) is 24.9. The highest BCUT2D eigenvalue weighted by molar-refractivity contribution is 7.90. The van der Waals surface area contributed by atoms with Gasteiger partial charge in [0.05, 0.1) is 47.2 Å². The van der Waals surface area contributed by atoms with Crippen molar-refractivity contribution in [2.24, 2.45) is 22.9 Å². The number of nitrogens with zero attached hydrogens (tertiary/aromatic N) is 8. The Hall–Kier alpha value is -7.19. The predicted octanol–water partition coefficient (Wildman–Crippen LogP) is 8.20. The third kappa shape index (κ3) is 19.1. The van der Waals surface area contributed by atoms with E-state index in [1.165, 1.54) is 20.7 Å². The molecule has 0 bridgehead atoms. The number of hydrogen-bond donors (Lipinski definition) is 4. The summed E-state index contributed by atoms with van der Waals surface area (Å²) in [5.41, 5.74) is 34.7. The summed E-state index contributed by atoms with van der Waals surface area (Å²) >= 11 is 0. The number of ether oxygens (including phenoxy) is 4. The lowest BCUT2D eigenvalue weighted by Gasteiger charge is -2.39. The Labute approximate surface area is 705 Å². The van der Waals surface area contributed by atoms with Crippen LogP contribution in [0.15, 0.2) is 182 Å². The SMILES string of the molecule is CC(C)S(=O)(=O)N1CC2=C(CN([C@H]3CO[C@H](c4cc(F)ccc4F)[C@@H](N)C3)C2)C1.CCS(=O)(=O)N1CC2=C(CN([C@H]3CO[C@H](c4cc(F)ccc4F)[C@@H](N)C3)C2)C1.N[C@H]1C[C@@H](N2CC3=C(C2)CN(S(=O)(=O)c2ccc(F)cc2)C3)CO[C@@H]1c1cc(F)ccc1F.N[C@H]1C[C@@H](N2CC3=C(C2)CN(S(=O)(=O)c2ccccc2)C3)CO[C@@H]1c1cc(F)ccc1F. The largest absolute Gasteiger partial charge is 0.370 e. The average molecular weight is 1780 g/mol. The summed E-state index contributed by atoms with van der Waals surface area (Å²) in [6.45, 7) is 15.0.